The Morgan fingerprint density at radius 2 is 1.68 bits per heavy atom. The van der Waals surface area contributed by atoms with Crippen molar-refractivity contribution in [2.24, 2.45) is 23.7 Å². The summed E-state index contributed by atoms with van der Waals surface area (Å²) in [6.45, 7) is 0. The second kappa shape index (κ2) is 3.79. The molecule has 19 heavy (non-hydrogen) atoms. The van der Waals surface area contributed by atoms with Crippen molar-refractivity contribution in [3.63, 3.8) is 0 Å². The van der Waals surface area contributed by atoms with Gasteiger partial charge >= 0.3 is 0 Å². The largest absolute Gasteiger partial charge is 0.274 e. The average Bonchev–Trinajstić information content (AvgIpc) is 3.04. The van der Waals surface area contributed by atoms with Crippen LogP contribution < -0.4 is 4.90 Å². The van der Waals surface area contributed by atoms with Gasteiger partial charge in [-0.1, -0.05) is 34.1 Å². The number of carbonyl (C=O) groups is 2. The zero-order valence-corrected chi connectivity index (χ0v) is 11.7. The lowest BCUT2D eigenvalue weighted by molar-refractivity contribution is -0.123. The number of fused-ring (bicyclic) bond motifs is 5. The first kappa shape index (κ1) is 11.4. The third-order valence-electron chi connectivity index (χ3n) is 4.54. The second-order valence-corrected chi connectivity index (χ2v) is 6.41. The number of imide groups is 1. The summed E-state index contributed by atoms with van der Waals surface area (Å²) < 4.78 is 0.878. The standard InChI is InChI=1S/C15H12BrNO2/c16-10-2-1-3-11(7-10)17-14(18)12-8-4-5-9(6-8)13(12)15(17)19/h1-5,7-9,12-13H,6H2/t8-,9-,12-,13-/m0/s1. The van der Waals surface area contributed by atoms with Gasteiger partial charge in [-0.15, -0.1) is 0 Å². The van der Waals surface area contributed by atoms with Gasteiger partial charge in [-0.25, -0.2) is 4.90 Å². The van der Waals surface area contributed by atoms with E-state index in [0.717, 1.165) is 10.9 Å². The Morgan fingerprint density at radius 3 is 2.26 bits per heavy atom. The molecule has 1 aliphatic heterocycles. The van der Waals surface area contributed by atoms with Crippen LogP contribution in [0.5, 0.6) is 0 Å². The maximum atomic E-state index is 12.6. The number of hydrogen-bond acceptors (Lipinski definition) is 2. The quantitative estimate of drug-likeness (QED) is 0.590. The fourth-order valence-electron chi connectivity index (χ4n) is 3.77. The minimum Gasteiger partial charge on any atom is -0.274 e. The molecule has 2 amide bonds. The molecule has 1 saturated heterocycles. The SMILES string of the molecule is O=C1[C@@H]2[C@@H](C(=O)N1c1cccc(Br)c1)[C@H]1C=C[C@H]2C1. The van der Waals surface area contributed by atoms with E-state index in [-0.39, 0.29) is 35.5 Å². The first-order chi connectivity index (χ1) is 9.16. The number of halogens is 1. The Kier molecular flexibility index (Phi) is 2.28. The van der Waals surface area contributed by atoms with Crippen LogP contribution in [0.15, 0.2) is 40.9 Å². The van der Waals surface area contributed by atoms with Crippen molar-refractivity contribution in [1.82, 2.24) is 0 Å². The fraction of sp³-hybridized carbons (Fsp3) is 0.333. The average molecular weight is 318 g/mol. The molecule has 2 bridgehead atoms. The van der Waals surface area contributed by atoms with Crippen molar-refractivity contribution in [2.45, 2.75) is 6.42 Å². The number of carbonyl (C=O) groups excluding carboxylic acids is 2. The van der Waals surface area contributed by atoms with Crippen molar-refractivity contribution >= 4 is 33.4 Å². The maximum Gasteiger partial charge on any atom is 0.238 e. The molecule has 1 heterocycles. The molecule has 0 radical (unpaired) electrons. The Hall–Kier alpha value is -1.42. The molecule has 4 rings (SSSR count). The molecule has 1 saturated carbocycles. The highest BCUT2D eigenvalue weighted by molar-refractivity contribution is 9.10. The number of allylic oxidation sites excluding steroid dienone is 2. The number of benzene rings is 1. The van der Waals surface area contributed by atoms with Crippen molar-refractivity contribution in [2.75, 3.05) is 4.90 Å². The summed E-state index contributed by atoms with van der Waals surface area (Å²) >= 11 is 3.38. The Bertz CT molecular complexity index is 594. The van der Waals surface area contributed by atoms with Gasteiger partial charge in [-0.3, -0.25) is 9.59 Å². The smallest absolute Gasteiger partial charge is 0.238 e. The summed E-state index contributed by atoms with van der Waals surface area (Å²) in [4.78, 5) is 26.5. The van der Waals surface area contributed by atoms with E-state index in [2.05, 4.69) is 28.1 Å². The van der Waals surface area contributed by atoms with Gasteiger partial charge in [-0.05, 0) is 36.5 Å². The summed E-state index contributed by atoms with van der Waals surface area (Å²) in [5.74, 6) is 0.241. The van der Waals surface area contributed by atoms with E-state index in [4.69, 9.17) is 0 Å². The third kappa shape index (κ3) is 1.43. The van der Waals surface area contributed by atoms with Crippen molar-refractivity contribution in [3.05, 3.63) is 40.9 Å². The highest BCUT2D eigenvalue weighted by atomic mass is 79.9. The van der Waals surface area contributed by atoms with Crippen LogP contribution in [0.25, 0.3) is 0 Å². The highest BCUT2D eigenvalue weighted by Crippen LogP contribution is 2.53. The Balaban J connectivity index is 1.77. The van der Waals surface area contributed by atoms with Crippen LogP contribution in [-0.2, 0) is 9.59 Å². The van der Waals surface area contributed by atoms with Gasteiger partial charge in [0.05, 0.1) is 17.5 Å². The van der Waals surface area contributed by atoms with Crippen LogP contribution in [-0.4, -0.2) is 11.8 Å². The maximum absolute atomic E-state index is 12.6. The second-order valence-electron chi connectivity index (χ2n) is 5.49. The Morgan fingerprint density at radius 1 is 1.05 bits per heavy atom. The number of nitrogens with zero attached hydrogens (tertiary/aromatic N) is 1. The monoisotopic (exact) mass is 317 g/mol. The predicted molar refractivity (Wildman–Crippen MR) is 74.4 cm³/mol. The summed E-state index contributed by atoms with van der Waals surface area (Å²) in [6.07, 6.45) is 5.20. The van der Waals surface area contributed by atoms with E-state index in [1.54, 1.807) is 0 Å². The number of amides is 2. The molecule has 1 aromatic rings. The molecule has 96 valence electrons. The van der Waals surface area contributed by atoms with Gasteiger partial charge in [0.15, 0.2) is 0 Å². The van der Waals surface area contributed by atoms with Crippen LogP contribution in [0, 0.1) is 23.7 Å². The van der Waals surface area contributed by atoms with Gasteiger partial charge < -0.3 is 0 Å². The molecule has 0 spiro atoms. The molecule has 0 aromatic heterocycles. The van der Waals surface area contributed by atoms with Gasteiger partial charge in [0.1, 0.15) is 0 Å². The molecular formula is C15H12BrNO2. The lowest BCUT2D eigenvalue weighted by Gasteiger charge is -2.17. The number of anilines is 1. The first-order valence-corrected chi connectivity index (χ1v) is 7.28. The predicted octanol–water partition coefficient (Wildman–Crippen LogP) is 2.76. The van der Waals surface area contributed by atoms with E-state index < -0.39 is 0 Å². The van der Waals surface area contributed by atoms with Crippen molar-refractivity contribution in [3.8, 4) is 0 Å². The van der Waals surface area contributed by atoms with Gasteiger partial charge in [0.25, 0.3) is 0 Å². The molecule has 0 unspecified atom stereocenters. The van der Waals surface area contributed by atoms with Gasteiger partial charge in [-0.2, -0.15) is 0 Å². The Labute approximate surface area is 119 Å². The van der Waals surface area contributed by atoms with E-state index in [9.17, 15) is 9.59 Å². The van der Waals surface area contributed by atoms with Crippen LogP contribution in [0.4, 0.5) is 5.69 Å². The minimum absolute atomic E-state index is 0.0232. The zero-order valence-electron chi connectivity index (χ0n) is 10.1. The fourth-order valence-corrected chi connectivity index (χ4v) is 4.16. The molecule has 1 aromatic carbocycles. The summed E-state index contributed by atoms with van der Waals surface area (Å²) in [6, 6.07) is 7.38. The molecule has 0 N–H and O–H groups in total. The minimum atomic E-state index is -0.124. The molecule has 2 aliphatic carbocycles. The summed E-state index contributed by atoms with van der Waals surface area (Å²) in [5.41, 5.74) is 0.679. The molecule has 2 fully saturated rings. The molecule has 4 heteroatoms. The normalized spacial score (nSPS) is 35.3. The van der Waals surface area contributed by atoms with Gasteiger partial charge in [0.2, 0.25) is 11.8 Å². The first-order valence-electron chi connectivity index (χ1n) is 6.48. The zero-order chi connectivity index (χ0) is 13.1. The summed E-state index contributed by atoms with van der Waals surface area (Å²) in [7, 11) is 0. The number of hydrogen-bond donors (Lipinski definition) is 0. The third-order valence-corrected chi connectivity index (χ3v) is 5.03. The van der Waals surface area contributed by atoms with Crippen LogP contribution in [0.2, 0.25) is 0 Å². The van der Waals surface area contributed by atoms with E-state index in [0.29, 0.717) is 5.69 Å². The molecular weight excluding hydrogens is 306 g/mol. The van der Waals surface area contributed by atoms with Gasteiger partial charge in [0, 0.05) is 4.47 Å². The van der Waals surface area contributed by atoms with Crippen molar-refractivity contribution < 1.29 is 9.59 Å². The van der Waals surface area contributed by atoms with Crippen molar-refractivity contribution in [1.29, 1.82) is 0 Å². The lowest BCUT2D eigenvalue weighted by atomic mass is 9.85. The van der Waals surface area contributed by atoms with Crippen LogP contribution in [0.3, 0.4) is 0 Å². The highest BCUT2D eigenvalue weighted by Gasteiger charge is 2.59. The van der Waals surface area contributed by atoms with Crippen LogP contribution in [0.1, 0.15) is 6.42 Å². The van der Waals surface area contributed by atoms with E-state index >= 15 is 0 Å². The summed E-state index contributed by atoms with van der Waals surface area (Å²) in [5, 5.41) is 0. The molecule has 3 nitrogen and oxygen atoms in total. The van der Waals surface area contributed by atoms with Crippen LogP contribution >= 0.6 is 15.9 Å². The lowest BCUT2D eigenvalue weighted by Crippen LogP contribution is -2.32. The number of rotatable bonds is 1. The molecule has 3 aliphatic rings. The topological polar surface area (TPSA) is 37.4 Å². The van der Waals surface area contributed by atoms with E-state index in [1.165, 1.54) is 4.90 Å². The van der Waals surface area contributed by atoms with E-state index in [1.807, 2.05) is 24.3 Å². The molecule has 4 atom stereocenters.